The molecule has 0 rings (SSSR count). The Balaban J connectivity index is 0. The Kier molecular flexibility index (Phi) is 8.80. The van der Waals surface area contributed by atoms with Crippen molar-refractivity contribution in [3.8, 4) is 0 Å². The molecule has 0 atom stereocenters. The molecule has 10 heavy (non-hydrogen) atoms. The fourth-order valence-corrected chi connectivity index (χ4v) is 1.19. The standard InChI is InChI=1S/C8H18N.Zr/c1-6-9(7(2)3)8(4)5;/h6-8H,1-5H3;/q-1;. The molecule has 0 aliphatic rings. The van der Waals surface area contributed by atoms with Crippen LogP contribution in [0.3, 0.4) is 0 Å². The molecule has 0 heterocycles. The molecule has 0 saturated heterocycles. The summed E-state index contributed by atoms with van der Waals surface area (Å²) in [6.45, 7) is 13.1. The summed E-state index contributed by atoms with van der Waals surface area (Å²) in [5.41, 5.74) is 0. The van der Waals surface area contributed by atoms with Gasteiger partial charge >= 0.3 is 0 Å². The molecule has 0 radical (unpaired) electrons. The quantitative estimate of drug-likeness (QED) is 0.658. The first kappa shape index (κ1) is 13.4. The van der Waals surface area contributed by atoms with Crippen molar-refractivity contribution in [1.29, 1.82) is 0 Å². The van der Waals surface area contributed by atoms with E-state index in [2.05, 4.69) is 46.1 Å². The molecule has 2 heteroatoms. The van der Waals surface area contributed by atoms with Crippen LogP contribution >= 0.6 is 0 Å². The Hall–Kier alpha value is 0.843. The van der Waals surface area contributed by atoms with Crippen LogP contribution in [0, 0.1) is 6.54 Å². The van der Waals surface area contributed by atoms with Gasteiger partial charge in [0, 0.05) is 26.2 Å². The first-order chi connectivity index (χ1) is 4.09. The second-order valence-electron chi connectivity index (χ2n) is 2.89. The largest absolute Gasteiger partial charge is 0.452 e. The van der Waals surface area contributed by atoms with Gasteiger partial charge in [-0.3, -0.25) is 6.54 Å². The molecule has 0 aromatic carbocycles. The fraction of sp³-hybridized carbons (Fsp3) is 0.875. The summed E-state index contributed by atoms with van der Waals surface area (Å²) in [6.07, 6.45) is 0. The molecule has 0 spiro atoms. The van der Waals surface area contributed by atoms with E-state index >= 15 is 0 Å². The topological polar surface area (TPSA) is 3.24 Å². The van der Waals surface area contributed by atoms with E-state index in [1.807, 2.05) is 0 Å². The first-order valence-electron chi connectivity index (χ1n) is 3.66. The molecule has 0 saturated carbocycles. The smallest absolute Gasteiger partial charge is 0 e. The van der Waals surface area contributed by atoms with Gasteiger partial charge in [-0.15, -0.1) is 0 Å². The SMILES string of the molecule is C[CH-]N(C(C)C)C(C)C.[Zr]. The minimum Gasteiger partial charge on any atom is -0.452 e. The maximum Gasteiger partial charge on any atom is 0 e. The molecular formula is C8H18NZr-. The summed E-state index contributed by atoms with van der Waals surface area (Å²) < 4.78 is 0. The number of rotatable bonds is 3. The van der Waals surface area contributed by atoms with Crippen molar-refractivity contribution in [3.63, 3.8) is 0 Å². The second kappa shape index (κ2) is 6.55. The summed E-state index contributed by atoms with van der Waals surface area (Å²) in [4.78, 5) is 2.33. The average molecular weight is 219 g/mol. The third-order valence-corrected chi connectivity index (χ3v) is 1.49. The molecule has 0 aromatic rings. The number of nitrogens with zero attached hydrogens (tertiary/aromatic N) is 1. The van der Waals surface area contributed by atoms with E-state index in [1.165, 1.54) is 0 Å². The summed E-state index contributed by atoms with van der Waals surface area (Å²) in [6, 6.07) is 1.27. The summed E-state index contributed by atoms with van der Waals surface area (Å²) in [7, 11) is 0. The molecular weight excluding hydrogens is 201 g/mol. The zero-order valence-electron chi connectivity index (χ0n) is 7.68. The maximum atomic E-state index is 2.33. The predicted octanol–water partition coefficient (Wildman–Crippen LogP) is 2.28. The van der Waals surface area contributed by atoms with Gasteiger partial charge in [0.1, 0.15) is 0 Å². The third-order valence-electron chi connectivity index (χ3n) is 1.49. The molecule has 1 nitrogen and oxygen atoms in total. The van der Waals surface area contributed by atoms with E-state index in [-0.39, 0.29) is 26.2 Å². The van der Waals surface area contributed by atoms with Crippen LogP contribution in [0.25, 0.3) is 0 Å². The molecule has 0 aliphatic heterocycles. The van der Waals surface area contributed by atoms with Crippen LogP contribution in [0.1, 0.15) is 34.6 Å². The van der Waals surface area contributed by atoms with Crippen LogP contribution < -0.4 is 0 Å². The fourth-order valence-electron chi connectivity index (χ4n) is 1.19. The van der Waals surface area contributed by atoms with Crippen molar-refractivity contribution in [2.45, 2.75) is 46.7 Å². The Bertz CT molecular complexity index is 63.7. The van der Waals surface area contributed by atoms with Gasteiger partial charge in [-0.1, -0.05) is 27.7 Å². The van der Waals surface area contributed by atoms with Crippen molar-refractivity contribution in [2.24, 2.45) is 0 Å². The van der Waals surface area contributed by atoms with Gasteiger partial charge in [0.2, 0.25) is 0 Å². The van der Waals surface area contributed by atoms with E-state index in [0.29, 0.717) is 12.1 Å². The molecule has 0 fully saturated rings. The van der Waals surface area contributed by atoms with Crippen LogP contribution in [0.5, 0.6) is 0 Å². The minimum absolute atomic E-state index is 0. The first-order valence-corrected chi connectivity index (χ1v) is 3.66. The van der Waals surface area contributed by atoms with E-state index in [9.17, 15) is 0 Å². The molecule has 0 bridgehead atoms. The van der Waals surface area contributed by atoms with E-state index < -0.39 is 0 Å². The average Bonchev–Trinajstić information content (AvgIpc) is 1.64. The van der Waals surface area contributed by atoms with Crippen LogP contribution in [0.15, 0.2) is 0 Å². The molecule has 0 aromatic heterocycles. The van der Waals surface area contributed by atoms with Gasteiger partial charge < -0.3 is 4.90 Å². The summed E-state index contributed by atoms with van der Waals surface area (Å²) >= 11 is 0. The van der Waals surface area contributed by atoms with Crippen LogP contribution in [-0.2, 0) is 26.2 Å². The van der Waals surface area contributed by atoms with Crippen molar-refractivity contribution >= 4 is 0 Å². The van der Waals surface area contributed by atoms with Crippen molar-refractivity contribution in [2.75, 3.05) is 0 Å². The molecule has 0 aliphatic carbocycles. The monoisotopic (exact) mass is 218 g/mol. The van der Waals surface area contributed by atoms with Gasteiger partial charge in [0.05, 0.1) is 0 Å². The third kappa shape index (κ3) is 4.63. The Morgan fingerprint density at radius 2 is 1.30 bits per heavy atom. The van der Waals surface area contributed by atoms with Crippen LogP contribution in [0.2, 0.25) is 0 Å². The molecule has 0 amide bonds. The second-order valence-corrected chi connectivity index (χ2v) is 2.89. The van der Waals surface area contributed by atoms with E-state index in [1.54, 1.807) is 0 Å². The predicted molar refractivity (Wildman–Crippen MR) is 42.1 cm³/mol. The van der Waals surface area contributed by atoms with Gasteiger partial charge in [-0.25, -0.2) is 0 Å². The van der Waals surface area contributed by atoms with Gasteiger partial charge in [-0.2, -0.15) is 6.92 Å². The Labute approximate surface area is 84.3 Å². The molecule has 0 N–H and O–H groups in total. The minimum atomic E-state index is 0. The number of hydrogen-bond acceptors (Lipinski definition) is 1. The number of hydrogen-bond donors (Lipinski definition) is 0. The Morgan fingerprint density at radius 3 is 1.30 bits per heavy atom. The molecule has 0 unspecified atom stereocenters. The normalized spacial score (nSPS) is 10.8. The summed E-state index contributed by atoms with van der Waals surface area (Å²) in [5, 5.41) is 0. The molecule has 60 valence electrons. The zero-order chi connectivity index (χ0) is 7.44. The summed E-state index contributed by atoms with van der Waals surface area (Å²) in [5.74, 6) is 0. The van der Waals surface area contributed by atoms with Gasteiger partial charge in [-0.05, 0) is 12.1 Å². The maximum absolute atomic E-state index is 2.33. The van der Waals surface area contributed by atoms with Crippen molar-refractivity contribution in [3.05, 3.63) is 6.54 Å². The van der Waals surface area contributed by atoms with Crippen LogP contribution in [-0.4, -0.2) is 17.0 Å². The van der Waals surface area contributed by atoms with Gasteiger partial charge in [0.25, 0.3) is 0 Å². The van der Waals surface area contributed by atoms with Crippen molar-refractivity contribution in [1.82, 2.24) is 4.90 Å². The van der Waals surface area contributed by atoms with Crippen LogP contribution in [0.4, 0.5) is 0 Å². The van der Waals surface area contributed by atoms with E-state index in [0.717, 1.165) is 0 Å². The van der Waals surface area contributed by atoms with Gasteiger partial charge in [0.15, 0.2) is 0 Å². The van der Waals surface area contributed by atoms with Crippen molar-refractivity contribution < 1.29 is 26.2 Å². The zero-order valence-corrected chi connectivity index (χ0v) is 10.1. The van der Waals surface area contributed by atoms with E-state index in [4.69, 9.17) is 0 Å². The Morgan fingerprint density at radius 1 is 1.00 bits per heavy atom.